The Kier molecular flexibility index (Phi) is 4.78. The number of aryl methyl sites for hydroxylation is 2. The Hall–Kier alpha value is -1.49. The van der Waals surface area contributed by atoms with Gasteiger partial charge in [-0.25, -0.2) is 0 Å². The Bertz CT molecular complexity index is 500. The Balaban J connectivity index is 0.00000162. The quantitative estimate of drug-likeness (QED) is 0.928. The summed E-state index contributed by atoms with van der Waals surface area (Å²) >= 11 is 0. The van der Waals surface area contributed by atoms with Crippen LogP contribution in [0.4, 0.5) is 5.82 Å². The fraction of sp³-hybridized carbons (Fsp3) is 0.500. The summed E-state index contributed by atoms with van der Waals surface area (Å²) in [6.45, 7) is 7.05. The minimum absolute atomic E-state index is 0. The summed E-state index contributed by atoms with van der Waals surface area (Å²) in [6.07, 6.45) is 4.02. The van der Waals surface area contributed by atoms with E-state index in [1.54, 1.807) is 4.68 Å². The zero-order chi connectivity index (χ0) is 12.4. The molecule has 1 N–H and O–H groups in total. The van der Waals surface area contributed by atoms with Gasteiger partial charge in [-0.1, -0.05) is 0 Å². The van der Waals surface area contributed by atoms with Gasteiger partial charge in [0.2, 0.25) is 0 Å². The normalized spacial score (nSPS) is 10.5. The number of hydrogen-bond acceptors (Lipinski definition) is 3. The molecule has 2 aromatic heterocycles. The van der Waals surface area contributed by atoms with E-state index < -0.39 is 0 Å². The lowest BCUT2D eigenvalue weighted by molar-refractivity contribution is 0.529. The molecule has 0 saturated heterocycles. The van der Waals surface area contributed by atoms with Crippen molar-refractivity contribution in [2.45, 2.75) is 33.4 Å². The van der Waals surface area contributed by atoms with Crippen LogP contribution < -0.4 is 5.32 Å². The fourth-order valence-corrected chi connectivity index (χ4v) is 1.65. The van der Waals surface area contributed by atoms with E-state index >= 15 is 0 Å². The third-order valence-corrected chi connectivity index (χ3v) is 2.72. The van der Waals surface area contributed by atoms with Crippen molar-refractivity contribution in [1.29, 1.82) is 0 Å². The van der Waals surface area contributed by atoms with Gasteiger partial charge >= 0.3 is 0 Å². The lowest BCUT2D eigenvalue weighted by Gasteiger charge is -2.03. The number of rotatable bonds is 4. The average molecular weight is 270 g/mol. The van der Waals surface area contributed by atoms with Gasteiger partial charge in [0.25, 0.3) is 0 Å². The monoisotopic (exact) mass is 269 g/mol. The first kappa shape index (κ1) is 14.6. The summed E-state index contributed by atoms with van der Waals surface area (Å²) in [4.78, 5) is 0. The fourth-order valence-electron chi connectivity index (χ4n) is 1.65. The van der Waals surface area contributed by atoms with Gasteiger partial charge in [-0.15, -0.1) is 12.4 Å². The first-order valence-corrected chi connectivity index (χ1v) is 5.84. The summed E-state index contributed by atoms with van der Waals surface area (Å²) in [7, 11) is 1.91. The maximum atomic E-state index is 4.48. The van der Waals surface area contributed by atoms with Crippen LogP contribution in [0.5, 0.6) is 0 Å². The van der Waals surface area contributed by atoms with Gasteiger partial charge in [-0.3, -0.25) is 9.36 Å². The molecular weight excluding hydrogens is 250 g/mol. The molecule has 0 radical (unpaired) electrons. The maximum Gasteiger partial charge on any atom is 0.148 e. The van der Waals surface area contributed by atoms with Crippen molar-refractivity contribution in [2.75, 3.05) is 5.32 Å². The van der Waals surface area contributed by atoms with Crippen molar-refractivity contribution in [2.24, 2.45) is 7.05 Å². The SMILES string of the molecule is Cc1nn(C(C)C)cc1CNc1ccn(C)n1.Cl. The van der Waals surface area contributed by atoms with E-state index in [0.29, 0.717) is 6.04 Å². The molecule has 0 spiro atoms. The third-order valence-electron chi connectivity index (χ3n) is 2.72. The maximum absolute atomic E-state index is 4.48. The lowest BCUT2D eigenvalue weighted by Crippen LogP contribution is -2.01. The molecule has 5 nitrogen and oxygen atoms in total. The molecule has 0 aliphatic rings. The lowest BCUT2D eigenvalue weighted by atomic mass is 10.2. The van der Waals surface area contributed by atoms with Gasteiger partial charge < -0.3 is 5.32 Å². The molecule has 2 rings (SSSR count). The van der Waals surface area contributed by atoms with Crippen molar-refractivity contribution in [3.63, 3.8) is 0 Å². The zero-order valence-electron chi connectivity index (χ0n) is 11.2. The highest BCUT2D eigenvalue weighted by Crippen LogP contribution is 2.12. The van der Waals surface area contributed by atoms with Crippen molar-refractivity contribution in [1.82, 2.24) is 19.6 Å². The number of anilines is 1. The second-order valence-electron chi connectivity index (χ2n) is 4.54. The highest BCUT2D eigenvalue weighted by molar-refractivity contribution is 5.85. The molecule has 0 aromatic carbocycles. The Morgan fingerprint density at radius 2 is 2.06 bits per heavy atom. The zero-order valence-corrected chi connectivity index (χ0v) is 12.0. The number of halogens is 1. The number of aromatic nitrogens is 4. The molecule has 100 valence electrons. The van der Waals surface area contributed by atoms with E-state index in [4.69, 9.17) is 0 Å². The van der Waals surface area contributed by atoms with E-state index in [1.807, 2.05) is 30.9 Å². The van der Waals surface area contributed by atoms with Crippen LogP contribution in [0, 0.1) is 6.92 Å². The van der Waals surface area contributed by atoms with Crippen LogP contribution >= 0.6 is 12.4 Å². The Morgan fingerprint density at radius 1 is 1.33 bits per heavy atom. The number of hydrogen-bond donors (Lipinski definition) is 1. The highest BCUT2D eigenvalue weighted by atomic mass is 35.5. The van der Waals surface area contributed by atoms with Crippen LogP contribution in [0.2, 0.25) is 0 Å². The molecule has 0 fully saturated rings. The van der Waals surface area contributed by atoms with Crippen LogP contribution in [-0.2, 0) is 13.6 Å². The summed E-state index contributed by atoms with van der Waals surface area (Å²) in [5.41, 5.74) is 2.28. The number of nitrogens with zero attached hydrogens (tertiary/aromatic N) is 4. The average Bonchev–Trinajstić information content (AvgIpc) is 2.82. The Labute approximate surface area is 114 Å². The molecule has 18 heavy (non-hydrogen) atoms. The molecule has 0 bridgehead atoms. The second kappa shape index (κ2) is 5.91. The van der Waals surface area contributed by atoms with Crippen LogP contribution in [-0.4, -0.2) is 19.6 Å². The molecule has 2 heterocycles. The molecular formula is C12H20ClN5. The molecule has 0 saturated carbocycles. The first-order chi connectivity index (χ1) is 8.06. The van der Waals surface area contributed by atoms with E-state index in [1.165, 1.54) is 5.56 Å². The van der Waals surface area contributed by atoms with Crippen molar-refractivity contribution < 1.29 is 0 Å². The highest BCUT2D eigenvalue weighted by Gasteiger charge is 2.07. The van der Waals surface area contributed by atoms with Gasteiger partial charge in [0.05, 0.1) is 5.69 Å². The van der Waals surface area contributed by atoms with Gasteiger partial charge in [0.1, 0.15) is 5.82 Å². The van der Waals surface area contributed by atoms with Gasteiger partial charge in [0, 0.05) is 43.7 Å². The van der Waals surface area contributed by atoms with E-state index in [9.17, 15) is 0 Å². The van der Waals surface area contributed by atoms with Crippen LogP contribution in [0.15, 0.2) is 18.5 Å². The summed E-state index contributed by atoms with van der Waals surface area (Å²) in [5.74, 6) is 0.893. The topological polar surface area (TPSA) is 47.7 Å². The molecule has 6 heteroatoms. The molecule has 0 atom stereocenters. The van der Waals surface area contributed by atoms with Crippen molar-refractivity contribution in [3.05, 3.63) is 29.7 Å². The Morgan fingerprint density at radius 3 is 2.56 bits per heavy atom. The predicted molar refractivity (Wildman–Crippen MR) is 75.1 cm³/mol. The standard InChI is InChI=1S/C12H19N5.ClH/c1-9(2)17-8-11(10(3)14-17)7-13-12-5-6-16(4)15-12;/h5-6,8-9H,7H2,1-4H3,(H,13,15);1H. The first-order valence-electron chi connectivity index (χ1n) is 5.84. The molecule has 0 aliphatic heterocycles. The van der Waals surface area contributed by atoms with Gasteiger partial charge in [-0.2, -0.15) is 10.2 Å². The van der Waals surface area contributed by atoms with E-state index in [-0.39, 0.29) is 12.4 Å². The van der Waals surface area contributed by atoms with Crippen LogP contribution in [0.25, 0.3) is 0 Å². The molecule has 0 unspecified atom stereocenters. The predicted octanol–water partition coefficient (Wildman–Crippen LogP) is 2.54. The van der Waals surface area contributed by atoms with E-state index in [2.05, 4.69) is 35.6 Å². The summed E-state index contributed by atoms with van der Waals surface area (Å²) in [6, 6.07) is 2.36. The largest absolute Gasteiger partial charge is 0.364 e. The second-order valence-corrected chi connectivity index (χ2v) is 4.54. The smallest absolute Gasteiger partial charge is 0.148 e. The third kappa shape index (κ3) is 3.26. The van der Waals surface area contributed by atoms with Gasteiger partial charge in [0.15, 0.2) is 0 Å². The molecule has 2 aromatic rings. The molecule has 0 aliphatic carbocycles. The van der Waals surface area contributed by atoms with Crippen molar-refractivity contribution in [3.8, 4) is 0 Å². The van der Waals surface area contributed by atoms with Gasteiger partial charge in [-0.05, 0) is 20.8 Å². The van der Waals surface area contributed by atoms with E-state index in [0.717, 1.165) is 18.1 Å². The molecule has 0 amide bonds. The summed E-state index contributed by atoms with van der Waals surface area (Å²) < 4.78 is 3.78. The van der Waals surface area contributed by atoms with Crippen molar-refractivity contribution >= 4 is 18.2 Å². The van der Waals surface area contributed by atoms with Crippen LogP contribution in [0.1, 0.15) is 31.1 Å². The number of nitrogens with one attached hydrogen (secondary N) is 1. The summed E-state index contributed by atoms with van der Waals surface area (Å²) in [5, 5.41) is 12.0. The minimum Gasteiger partial charge on any atom is -0.364 e. The van der Waals surface area contributed by atoms with Crippen LogP contribution in [0.3, 0.4) is 0 Å². The minimum atomic E-state index is 0.